The lowest BCUT2D eigenvalue weighted by atomic mass is 10.1. The van der Waals surface area contributed by atoms with Gasteiger partial charge in [-0.3, -0.25) is 0 Å². The van der Waals surface area contributed by atoms with Gasteiger partial charge in [0.1, 0.15) is 0 Å². The van der Waals surface area contributed by atoms with Gasteiger partial charge in [-0.25, -0.2) is 0 Å². The van der Waals surface area contributed by atoms with Crippen LogP contribution in [-0.2, 0) is 0 Å². The molecule has 0 spiro atoms. The van der Waals surface area contributed by atoms with Gasteiger partial charge in [-0.1, -0.05) is 0 Å². The van der Waals surface area contributed by atoms with E-state index in [4.69, 9.17) is 16.3 Å². The van der Waals surface area contributed by atoms with E-state index in [1.165, 1.54) is 6.42 Å². The van der Waals surface area contributed by atoms with Crippen LogP contribution < -0.4 is 9.64 Å². The maximum Gasteiger partial charge on any atom is 0.322 e. The number of piperidine rings is 1. The van der Waals surface area contributed by atoms with Crippen molar-refractivity contribution in [2.24, 2.45) is 0 Å². The molecule has 1 aliphatic heterocycles. The summed E-state index contributed by atoms with van der Waals surface area (Å²) in [5.74, 6) is 0.573. The van der Waals surface area contributed by atoms with E-state index in [0.29, 0.717) is 18.6 Å². The number of likely N-dealkylation sites (tertiary alicyclic amines) is 1. The maximum absolute atomic E-state index is 5.92. The van der Waals surface area contributed by atoms with E-state index < -0.39 is 0 Å². The molecule has 1 saturated heterocycles. The highest BCUT2D eigenvalue weighted by Crippen LogP contribution is 2.20. The van der Waals surface area contributed by atoms with Crippen molar-refractivity contribution in [2.75, 3.05) is 38.7 Å². The van der Waals surface area contributed by atoms with Crippen LogP contribution >= 0.6 is 11.6 Å². The fraction of sp³-hybridized carbons (Fsp3) is 0.750. The van der Waals surface area contributed by atoms with Gasteiger partial charge in [0.15, 0.2) is 0 Å². The van der Waals surface area contributed by atoms with Crippen LogP contribution in [0.15, 0.2) is 0 Å². The molecule has 1 fully saturated rings. The van der Waals surface area contributed by atoms with E-state index in [-0.39, 0.29) is 11.3 Å². The Kier molecular flexibility index (Phi) is 4.76. The van der Waals surface area contributed by atoms with Crippen molar-refractivity contribution >= 4 is 17.5 Å². The number of ether oxygens (including phenoxy) is 1. The van der Waals surface area contributed by atoms with Crippen molar-refractivity contribution in [3.8, 4) is 6.01 Å². The summed E-state index contributed by atoms with van der Waals surface area (Å²) in [5.41, 5.74) is 0. The lowest BCUT2D eigenvalue weighted by Crippen LogP contribution is -2.45. The molecular formula is C12H20ClN5O. The van der Waals surface area contributed by atoms with Gasteiger partial charge in [-0.2, -0.15) is 15.0 Å². The average Bonchev–Trinajstić information content (AvgIpc) is 2.37. The van der Waals surface area contributed by atoms with Crippen molar-refractivity contribution in [3.05, 3.63) is 5.28 Å². The van der Waals surface area contributed by atoms with Crippen LogP contribution in [0.25, 0.3) is 0 Å². The molecule has 0 bridgehead atoms. The summed E-state index contributed by atoms with van der Waals surface area (Å²) in [6.07, 6.45) is 2.32. The van der Waals surface area contributed by atoms with E-state index in [9.17, 15) is 0 Å². The minimum atomic E-state index is 0.171. The molecule has 1 aromatic heterocycles. The Morgan fingerprint density at radius 3 is 2.89 bits per heavy atom. The highest BCUT2D eigenvalue weighted by molar-refractivity contribution is 6.28. The van der Waals surface area contributed by atoms with Gasteiger partial charge in [0.05, 0.1) is 6.61 Å². The van der Waals surface area contributed by atoms with Crippen LogP contribution in [0.1, 0.15) is 19.8 Å². The van der Waals surface area contributed by atoms with E-state index >= 15 is 0 Å². The summed E-state index contributed by atoms with van der Waals surface area (Å²) in [4.78, 5) is 16.8. The van der Waals surface area contributed by atoms with Gasteiger partial charge in [0.2, 0.25) is 11.2 Å². The van der Waals surface area contributed by atoms with Gasteiger partial charge in [-0.05, 0) is 45.0 Å². The topological polar surface area (TPSA) is 54.4 Å². The lowest BCUT2D eigenvalue weighted by Gasteiger charge is -2.35. The van der Waals surface area contributed by atoms with Crippen molar-refractivity contribution in [2.45, 2.75) is 25.8 Å². The molecule has 1 atom stereocenters. The SMILES string of the molecule is CCOc1nc(Cl)nc(N(C)C2CCCN(C)C2)n1. The first-order chi connectivity index (χ1) is 9.10. The second-order valence-corrected chi connectivity index (χ2v) is 5.13. The largest absolute Gasteiger partial charge is 0.464 e. The van der Waals surface area contributed by atoms with Crippen molar-refractivity contribution < 1.29 is 4.74 Å². The number of likely N-dealkylation sites (N-methyl/N-ethyl adjacent to an activating group) is 2. The van der Waals surface area contributed by atoms with E-state index in [0.717, 1.165) is 19.5 Å². The summed E-state index contributed by atoms with van der Waals surface area (Å²) in [6.45, 7) is 4.54. The zero-order valence-electron chi connectivity index (χ0n) is 11.6. The molecule has 1 unspecified atom stereocenters. The molecule has 1 aromatic rings. The van der Waals surface area contributed by atoms with Gasteiger partial charge >= 0.3 is 6.01 Å². The summed E-state index contributed by atoms with van der Waals surface area (Å²) < 4.78 is 5.30. The molecule has 2 heterocycles. The molecule has 0 radical (unpaired) electrons. The summed E-state index contributed by atoms with van der Waals surface area (Å²) in [5, 5.41) is 0.171. The zero-order chi connectivity index (χ0) is 13.8. The minimum Gasteiger partial charge on any atom is -0.464 e. The third-order valence-electron chi connectivity index (χ3n) is 3.31. The molecule has 2 rings (SSSR count). The Bertz CT molecular complexity index is 431. The molecule has 0 amide bonds. The molecule has 6 nitrogen and oxygen atoms in total. The summed E-state index contributed by atoms with van der Waals surface area (Å²) >= 11 is 5.92. The van der Waals surface area contributed by atoms with E-state index in [1.807, 2.05) is 14.0 Å². The number of nitrogens with zero attached hydrogens (tertiary/aromatic N) is 5. The number of hydrogen-bond acceptors (Lipinski definition) is 6. The third kappa shape index (κ3) is 3.67. The number of rotatable bonds is 4. The molecule has 106 valence electrons. The quantitative estimate of drug-likeness (QED) is 0.835. The van der Waals surface area contributed by atoms with Gasteiger partial charge < -0.3 is 14.5 Å². The van der Waals surface area contributed by atoms with E-state index in [1.54, 1.807) is 0 Å². The lowest BCUT2D eigenvalue weighted by molar-refractivity contribution is 0.246. The first-order valence-corrected chi connectivity index (χ1v) is 6.93. The zero-order valence-corrected chi connectivity index (χ0v) is 12.4. The van der Waals surface area contributed by atoms with Gasteiger partial charge in [0, 0.05) is 19.6 Å². The standard InChI is InChI=1S/C12H20ClN5O/c1-4-19-12-15-10(13)14-11(16-12)18(3)9-6-5-7-17(2)8-9/h9H,4-8H2,1-3H3. The van der Waals surface area contributed by atoms with Gasteiger partial charge in [-0.15, -0.1) is 0 Å². The van der Waals surface area contributed by atoms with E-state index in [2.05, 4.69) is 31.8 Å². The minimum absolute atomic E-state index is 0.171. The van der Waals surface area contributed by atoms with Crippen LogP contribution in [0.2, 0.25) is 5.28 Å². The molecule has 0 saturated carbocycles. The smallest absolute Gasteiger partial charge is 0.322 e. The fourth-order valence-electron chi connectivity index (χ4n) is 2.29. The number of halogens is 1. The Morgan fingerprint density at radius 1 is 1.42 bits per heavy atom. The van der Waals surface area contributed by atoms with Crippen molar-refractivity contribution in [3.63, 3.8) is 0 Å². The normalized spacial score (nSPS) is 20.3. The number of hydrogen-bond donors (Lipinski definition) is 0. The molecule has 0 aromatic carbocycles. The monoisotopic (exact) mass is 285 g/mol. The third-order valence-corrected chi connectivity index (χ3v) is 3.48. The Hall–Kier alpha value is -1.14. The predicted octanol–water partition coefficient (Wildman–Crippen LogP) is 1.45. The molecule has 0 N–H and O–H groups in total. The van der Waals surface area contributed by atoms with Crippen LogP contribution in [0, 0.1) is 0 Å². The highest BCUT2D eigenvalue weighted by Gasteiger charge is 2.23. The first-order valence-electron chi connectivity index (χ1n) is 6.56. The summed E-state index contributed by atoms with van der Waals surface area (Å²) in [6, 6.07) is 0.681. The maximum atomic E-state index is 5.92. The molecule has 1 aliphatic rings. The van der Waals surface area contributed by atoms with Crippen LogP contribution in [0.4, 0.5) is 5.95 Å². The number of aromatic nitrogens is 3. The van der Waals surface area contributed by atoms with Crippen molar-refractivity contribution in [1.29, 1.82) is 0 Å². The van der Waals surface area contributed by atoms with Crippen LogP contribution in [0.3, 0.4) is 0 Å². The first kappa shape index (κ1) is 14.3. The Labute approximate surface area is 118 Å². The Balaban J connectivity index is 2.15. The molecular weight excluding hydrogens is 266 g/mol. The summed E-state index contributed by atoms with van der Waals surface area (Å²) in [7, 11) is 4.12. The molecule has 0 aliphatic carbocycles. The highest BCUT2D eigenvalue weighted by atomic mass is 35.5. The van der Waals surface area contributed by atoms with Gasteiger partial charge in [0.25, 0.3) is 0 Å². The fourth-order valence-corrected chi connectivity index (χ4v) is 2.44. The van der Waals surface area contributed by atoms with Crippen molar-refractivity contribution in [1.82, 2.24) is 19.9 Å². The molecule has 7 heteroatoms. The van der Waals surface area contributed by atoms with Crippen LogP contribution in [-0.4, -0.2) is 59.7 Å². The second kappa shape index (κ2) is 6.34. The number of anilines is 1. The second-order valence-electron chi connectivity index (χ2n) is 4.79. The predicted molar refractivity (Wildman–Crippen MR) is 74.9 cm³/mol. The Morgan fingerprint density at radius 2 is 2.21 bits per heavy atom. The van der Waals surface area contributed by atoms with Crippen LogP contribution in [0.5, 0.6) is 6.01 Å². The average molecular weight is 286 g/mol. The molecule has 19 heavy (non-hydrogen) atoms.